The largest absolute Gasteiger partial charge is 0.394 e. The van der Waals surface area contributed by atoms with Crippen molar-refractivity contribution in [2.24, 2.45) is 0 Å². The number of nitrogens with one attached hydrogen (secondary N) is 1. The van der Waals surface area contributed by atoms with Crippen LogP contribution >= 0.6 is 0 Å². The van der Waals surface area contributed by atoms with E-state index in [1.54, 1.807) is 0 Å². The molecule has 0 amide bonds. The van der Waals surface area contributed by atoms with E-state index in [9.17, 15) is 5.11 Å². The summed E-state index contributed by atoms with van der Waals surface area (Å²) in [6.07, 6.45) is 5.62. The van der Waals surface area contributed by atoms with Crippen LogP contribution in [-0.4, -0.2) is 53.8 Å². The van der Waals surface area contributed by atoms with Crippen LogP contribution < -0.4 is 5.32 Å². The van der Waals surface area contributed by atoms with Crippen LogP contribution in [-0.2, 0) is 6.42 Å². The number of nitrogens with zero attached hydrogens (tertiary/aromatic N) is 2. The van der Waals surface area contributed by atoms with Gasteiger partial charge in [-0.3, -0.25) is 4.98 Å². The second-order valence-electron chi connectivity index (χ2n) is 5.61. The van der Waals surface area contributed by atoms with Gasteiger partial charge in [-0.05, 0) is 58.5 Å². The van der Waals surface area contributed by atoms with E-state index in [0.29, 0.717) is 6.04 Å². The summed E-state index contributed by atoms with van der Waals surface area (Å²) in [4.78, 5) is 6.37. The molecule has 1 heterocycles. The van der Waals surface area contributed by atoms with E-state index in [0.717, 1.165) is 19.4 Å². The van der Waals surface area contributed by atoms with E-state index < -0.39 is 0 Å². The molecule has 0 aliphatic carbocycles. The average Bonchev–Trinajstić information content (AvgIpc) is 2.45. The summed E-state index contributed by atoms with van der Waals surface area (Å²) < 4.78 is 0. The van der Waals surface area contributed by atoms with Gasteiger partial charge in [-0.1, -0.05) is 0 Å². The van der Waals surface area contributed by atoms with Crippen molar-refractivity contribution in [3.63, 3.8) is 0 Å². The van der Waals surface area contributed by atoms with Crippen LogP contribution in [0.4, 0.5) is 0 Å². The molecule has 1 aromatic rings. The predicted octanol–water partition coefficient (Wildman–Crippen LogP) is 1.30. The predicted molar refractivity (Wildman–Crippen MR) is 79.2 cm³/mol. The van der Waals surface area contributed by atoms with E-state index in [2.05, 4.69) is 48.2 Å². The molecule has 108 valence electrons. The number of aliphatic hydroxyl groups excluding tert-OH is 1. The van der Waals surface area contributed by atoms with Crippen molar-refractivity contribution in [1.29, 1.82) is 0 Å². The third-order valence-electron chi connectivity index (χ3n) is 3.95. The molecule has 1 rings (SSSR count). The Morgan fingerprint density at radius 1 is 1.42 bits per heavy atom. The fourth-order valence-corrected chi connectivity index (χ4v) is 2.13. The highest BCUT2D eigenvalue weighted by Crippen LogP contribution is 2.15. The molecule has 0 saturated carbocycles. The maximum absolute atomic E-state index is 9.44. The zero-order chi connectivity index (χ0) is 14.3. The minimum absolute atomic E-state index is 0.159. The van der Waals surface area contributed by atoms with Crippen molar-refractivity contribution in [2.45, 2.75) is 38.3 Å². The van der Waals surface area contributed by atoms with Crippen LogP contribution in [0.1, 0.15) is 25.8 Å². The Morgan fingerprint density at radius 3 is 2.58 bits per heavy atom. The minimum atomic E-state index is -0.204. The number of hydrogen-bond donors (Lipinski definition) is 2. The zero-order valence-corrected chi connectivity index (χ0v) is 12.6. The van der Waals surface area contributed by atoms with Gasteiger partial charge in [0.1, 0.15) is 0 Å². The molecule has 0 aromatic carbocycles. The highest BCUT2D eigenvalue weighted by molar-refractivity contribution is 5.09. The lowest BCUT2D eigenvalue weighted by molar-refractivity contribution is 0.133. The van der Waals surface area contributed by atoms with Crippen LogP contribution in [0, 0.1) is 0 Å². The summed E-state index contributed by atoms with van der Waals surface area (Å²) >= 11 is 0. The van der Waals surface area contributed by atoms with Gasteiger partial charge in [0.25, 0.3) is 0 Å². The van der Waals surface area contributed by atoms with E-state index in [1.165, 1.54) is 5.56 Å². The molecule has 0 aliphatic heterocycles. The van der Waals surface area contributed by atoms with Crippen LogP contribution in [0.5, 0.6) is 0 Å². The first-order valence-electron chi connectivity index (χ1n) is 6.89. The fourth-order valence-electron chi connectivity index (χ4n) is 2.13. The van der Waals surface area contributed by atoms with Crippen molar-refractivity contribution >= 4 is 0 Å². The van der Waals surface area contributed by atoms with Crippen molar-refractivity contribution in [3.8, 4) is 0 Å². The summed E-state index contributed by atoms with van der Waals surface area (Å²) in [7, 11) is 4.04. The van der Waals surface area contributed by atoms with E-state index in [1.807, 2.05) is 19.4 Å². The maximum Gasteiger partial charge on any atom is 0.0611 e. The molecule has 1 aromatic heterocycles. The highest BCUT2D eigenvalue weighted by Gasteiger charge is 2.25. The van der Waals surface area contributed by atoms with Gasteiger partial charge in [0, 0.05) is 30.5 Å². The fraction of sp³-hybridized carbons (Fsp3) is 0.667. The van der Waals surface area contributed by atoms with Gasteiger partial charge in [0.2, 0.25) is 0 Å². The lowest BCUT2D eigenvalue weighted by atomic mass is 9.94. The van der Waals surface area contributed by atoms with Crippen LogP contribution in [0.3, 0.4) is 0 Å². The minimum Gasteiger partial charge on any atom is -0.394 e. The Kier molecular flexibility index (Phi) is 6.42. The molecule has 4 nitrogen and oxygen atoms in total. The third kappa shape index (κ3) is 5.27. The van der Waals surface area contributed by atoms with Gasteiger partial charge >= 0.3 is 0 Å². The van der Waals surface area contributed by atoms with Crippen LogP contribution in [0.2, 0.25) is 0 Å². The number of aromatic nitrogens is 1. The molecule has 4 heteroatoms. The summed E-state index contributed by atoms with van der Waals surface area (Å²) in [5.41, 5.74) is 1.11. The Balaban J connectivity index is 2.42. The van der Waals surface area contributed by atoms with E-state index in [-0.39, 0.29) is 12.1 Å². The molecule has 2 unspecified atom stereocenters. The van der Waals surface area contributed by atoms with E-state index in [4.69, 9.17) is 0 Å². The van der Waals surface area contributed by atoms with Gasteiger partial charge in [0.15, 0.2) is 0 Å². The number of rotatable bonds is 8. The van der Waals surface area contributed by atoms with Crippen molar-refractivity contribution in [2.75, 3.05) is 27.2 Å². The molecule has 0 aliphatic rings. The summed E-state index contributed by atoms with van der Waals surface area (Å²) in [5.74, 6) is 0. The Morgan fingerprint density at radius 2 is 2.05 bits per heavy atom. The number of pyridine rings is 1. The Hall–Kier alpha value is -0.970. The van der Waals surface area contributed by atoms with Gasteiger partial charge in [-0.15, -0.1) is 0 Å². The molecule has 0 radical (unpaired) electrons. The Labute approximate surface area is 116 Å². The van der Waals surface area contributed by atoms with Crippen LogP contribution in [0.15, 0.2) is 24.5 Å². The molecule has 0 fully saturated rings. The molecule has 0 bridgehead atoms. The van der Waals surface area contributed by atoms with Gasteiger partial charge < -0.3 is 15.3 Å². The van der Waals surface area contributed by atoms with Crippen molar-refractivity contribution in [3.05, 3.63) is 30.1 Å². The summed E-state index contributed by atoms with van der Waals surface area (Å²) in [5, 5.41) is 12.6. The SMILES string of the molecule is CNC(C)(CO)CC(C)N(C)CCc1ccncc1. The topological polar surface area (TPSA) is 48.4 Å². The molecule has 2 N–H and O–H groups in total. The first-order chi connectivity index (χ1) is 9.00. The lowest BCUT2D eigenvalue weighted by Gasteiger charge is -2.34. The number of aliphatic hydroxyl groups is 1. The Bertz CT molecular complexity index is 352. The molecule has 2 atom stereocenters. The first kappa shape index (κ1) is 16.1. The van der Waals surface area contributed by atoms with Crippen LogP contribution in [0.25, 0.3) is 0 Å². The smallest absolute Gasteiger partial charge is 0.0611 e. The maximum atomic E-state index is 9.44. The third-order valence-corrected chi connectivity index (χ3v) is 3.95. The van der Waals surface area contributed by atoms with Gasteiger partial charge in [0.05, 0.1) is 6.61 Å². The highest BCUT2D eigenvalue weighted by atomic mass is 16.3. The molecular weight excluding hydrogens is 238 g/mol. The first-order valence-corrected chi connectivity index (χ1v) is 6.89. The molecule has 0 saturated heterocycles. The van der Waals surface area contributed by atoms with Gasteiger partial charge in [-0.25, -0.2) is 0 Å². The monoisotopic (exact) mass is 265 g/mol. The summed E-state index contributed by atoms with van der Waals surface area (Å²) in [6.45, 7) is 5.43. The quantitative estimate of drug-likeness (QED) is 0.744. The van der Waals surface area contributed by atoms with Crippen molar-refractivity contribution in [1.82, 2.24) is 15.2 Å². The molecule has 19 heavy (non-hydrogen) atoms. The molecular formula is C15H27N3O. The average molecular weight is 265 g/mol. The lowest BCUT2D eigenvalue weighted by Crippen LogP contribution is -2.48. The van der Waals surface area contributed by atoms with E-state index >= 15 is 0 Å². The summed E-state index contributed by atoms with van der Waals surface area (Å²) in [6, 6.07) is 4.54. The van der Waals surface area contributed by atoms with Crippen molar-refractivity contribution < 1.29 is 5.11 Å². The number of likely N-dealkylation sites (N-methyl/N-ethyl adjacent to an activating group) is 2. The standard InChI is InChI=1S/C15H27N3O/c1-13(11-15(2,12-19)16-3)18(4)10-7-14-5-8-17-9-6-14/h5-6,8-9,13,16,19H,7,10-12H2,1-4H3. The second-order valence-corrected chi connectivity index (χ2v) is 5.61. The van der Waals surface area contributed by atoms with Gasteiger partial charge in [-0.2, -0.15) is 0 Å². The normalized spacial score (nSPS) is 16.3. The number of hydrogen-bond acceptors (Lipinski definition) is 4. The molecule has 0 spiro atoms. The second kappa shape index (κ2) is 7.58. The zero-order valence-electron chi connectivity index (χ0n) is 12.6.